The maximum atomic E-state index is 13.6. The summed E-state index contributed by atoms with van der Waals surface area (Å²) in [7, 11) is 1.87. The molecule has 4 rings (SSSR count). The predicted octanol–water partition coefficient (Wildman–Crippen LogP) is 2.81. The third-order valence-corrected chi connectivity index (χ3v) is 5.82. The minimum absolute atomic E-state index is 0.235. The van der Waals surface area contributed by atoms with Crippen molar-refractivity contribution >= 4 is 23.5 Å². The molecule has 0 aromatic heterocycles. The minimum atomic E-state index is -1.31. The van der Waals surface area contributed by atoms with Crippen LogP contribution in [-0.4, -0.2) is 36.3 Å². The molecule has 2 atom stereocenters. The Morgan fingerprint density at radius 1 is 1.07 bits per heavy atom. The molecule has 2 aliphatic rings. The Morgan fingerprint density at radius 2 is 1.79 bits per heavy atom. The SMILES string of the molecule is Cc1ccc2c(c1)C[C@@]1(CN2C)C(=O)NC(=O)N([C@@H](C)c2ccccc2)C1=O. The van der Waals surface area contributed by atoms with Crippen LogP contribution in [0, 0.1) is 12.3 Å². The summed E-state index contributed by atoms with van der Waals surface area (Å²) in [4.78, 5) is 42.3. The number of benzene rings is 2. The lowest BCUT2D eigenvalue weighted by atomic mass is 9.74. The first kappa shape index (κ1) is 18.2. The van der Waals surface area contributed by atoms with Gasteiger partial charge in [0.2, 0.25) is 11.8 Å². The van der Waals surface area contributed by atoms with Crippen molar-refractivity contribution in [3.8, 4) is 0 Å². The van der Waals surface area contributed by atoms with Crippen molar-refractivity contribution < 1.29 is 14.4 Å². The van der Waals surface area contributed by atoms with E-state index in [1.54, 1.807) is 6.92 Å². The van der Waals surface area contributed by atoms with Crippen molar-refractivity contribution in [3.63, 3.8) is 0 Å². The average molecular weight is 377 g/mol. The van der Waals surface area contributed by atoms with E-state index in [1.807, 2.05) is 67.4 Å². The van der Waals surface area contributed by atoms with E-state index in [0.29, 0.717) is 0 Å². The van der Waals surface area contributed by atoms with Crippen molar-refractivity contribution in [2.45, 2.75) is 26.3 Å². The van der Waals surface area contributed by atoms with Gasteiger partial charge in [0, 0.05) is 19.3 Å². The molecule has 4 amide bonds. The van der Waals surface area contributed by atoms with E-state index in [1.165, 1.54) is 4.90 Å². The van der Waals surface area contributed by atoms with E-state index in [0.717, 1.165) is 22.4 Å². The molecule has 28 heavy (non-hydrogen) atoms. The number of aryl methyl sites for hydroxylation is 1. The van der Waals surface area contributed by atoms with Gasteiger partial charge in [-0.2, -0.15) is 0 Å². The van der Waals surface area contributed by atoms with Crippen LogP contribution in [0.15, 0.2) is 48.5 Å². The van der Waals surface area contributed by atoms with Crippen molar-refractivity contribution in [1.82, 2.24) is 10.2 Å². The second-order valence-electron chi connectivity index (χ2n) is 7.77. The monoisotopic (exact) mass is 377 g/mol. The van der Waals surface area contributed by atoms with Gasteiger partial charge in [0.25, 0.3) is 0 Å². The molecule has 6 heteroatoms. The van der Waals surface area contributed by atoms with Crippen molar-refractivity contribution in [1.29, 1.82) is 0 Å². The maximum Gasteiger partial charge on any atom is 0.331 e. The summed E-state index contributed by atoms with van der Waals surface area (Å²) in [6, 6.07) is 14.3. The van der Waals surface area contributed by atoms with Crippen molar-refractivity contribution in [2.75, 3.05) is 18.5 Å². The normalized spacial score (nSPS) is 22.9. The number of hydrogen-bond donors (Lipinski definition) is 1. The Morgan fingerprint density at radius 3 is 2.50 bits per heavy atom. The van der Waals surface area contributed by atoms with Gasteiger partial charge < -0.3 is 4.90 Å². The van der Waals surface area contributed by atoms with Gasteiger partial charge in [-0.3, -0.25) is 19.8 Å². The topological polar surface area (TPSA) is 69.7 Å². The highest BCUT2D eigenvalue weighted by Crippen LogP contribution is 2.41. The van der Waals surface area contributed by atoms with Crippen LogP contribution in [0.5, 0.6) is 0 Å². The summed E-state index contributed by atoms with van der Waals surface area (Å²) in [5.41, 5.74) is 2.55. The van der Waals surface area contributed by atoms with Gasteiger partial charge >= 0.3 is 6.03 Å². The van der Waals surface area contributed by atoms with Crippen LogP contribution in [0.3, 0.4) is 0 Å². The molecule has 2 heterocycles. The zero-order valence-electron chi connectivity index (χ0n) is 16.2. The number of nitrogens with one attached hydrogen (secondary N) is 1. The molecular formula is C22H23N3O3. The molecule has 0 aliphatic carbocycles. The van der Waals surface area contributed by atoms with E-state index in [2.05, 4.69) is 5.32 Å². The highest BCUT2D eigenvalue weighted by molar-refractivity contribution is 6.20. The molecule has 1 saturated heterocycles. The van der Waals surface area contributed by atoms with Gasteiger partial charge in [0.05, 0.1) is 6.04 Å². The highest BCUT2D eigenvalue weighted by Gasteiger charge is 2.57. The van der Waals surface area contributed by atoms with Crippen LogP contribution in [0.2, 0.25) is 0 Å². The third kappa shape index (κ3) is 2.68. The van der Waals surface area contributed by atoms with Gasteiger partial charge in [-0.05, 0) is 37.5 Å². The minimum Gasteiger partial charge on any atom is -0.373 e. The Hall–Kier alpha value is -3.15. The molecule has 6 nitrogen and oxygen atoms in total. The maximum absolute atomic E-state index is 13.6. The van der Waals surface area contributed by atoms with Gasteiger partial charge in [0.1, 0.15) is 5.41 Å². The number of hydrogen-bond acceptors (Lipinski definition) is 4. The van der Waals surface area contributed by atoms with Crippen LogP contribution in [0.4, 0.5) is 10.5 Å². The number of urea groups is 1. The Balaban J connectivity index is 1.76. The fraction of sp³-hybridized carbons (Fsp3) is 0.318. The van der Waals surface area contributed by atoms with Crippen LogP contribution in [0.1, 0.15) is 29.7 Å². The van der Waals surface area contributed by atoms with Crippen molar-refractivity contribution in [2.24, 2.45) is 5.41 Å². The molecule has 1 N–H and O–H groups in total. The first-order chi connectivity index (χ1) is 13.3. The van der Waals surface area contributed by atoms with Crippen LogP contribution < -0.4 is 10.2 Å². The number of carbonyl (C=O) groups is 3. The summed E-state index contributed by atoms with van der Waals surface area (Å²) in [5.74, 6) is -0.949. The first-order valence-corrected chi connectivity index (χ1v) is 9.38. The van der Waals surface area contributed by atoms with E-state index in [-0.39, 0.29) is 13.0 Å². The summed E-state index contributed by atoms with van der Waals surface area (Å²) >= 11 is 0. The lowest BCUT2D eigenvalue weighted by Crippen LogP contribution is -2.68. The molecule has 0 bridgehead atoms. The Kier molecular flexibility index (Phi) is 4.22. The molecule has 1 spiro atoms. The molecule has 2 aromatic carbocycles. The molecular weight excluding hydrogens is 354 g/mol. The number of nitrogens with zero attached hydrogens (tertiary/aromatic N) is 2. The first-order valence-electron chi connectivity index (χ1n) is 9.38. The Labute approximate surface area is 164 Å². The quantitative estimate of drug-likeness (QED) is 0.817. The standard InChI is InChI=1S/C22H23N3O3/c1-14-9-10-18-17(11-14)12-22(13-24(18)3)19(26)23-21(28)25(20(22)27)15(2)16-7-5-4-6-8-16/h4-11,15H,12-13H2,1-3H3,(H,23,26,28)/t15-,22+/m0/s1. The number of amides is 4. The number of barbiturate groups is 1. The molecule has 0 unspecified atom stereocenters. The van der Waals surface area contributed by atoms with Gasteiger partial charge in [-0.15, -0.1) is 0 Å². The largest absolute Gasteiger partial charge is 0.373 e. The molecule has 2 aromatic rings. The van der Waals surface area contributed by atoms with E-state index in [9.17, 15) is 14.4 Å². The number of fused-ring (bicyclic) bond motifs is 1. The van der Waals surface area contributed by atoms with Crippen LogP contribution in [-0.2, 0) is 16.0 Å². The summed E-state index contributed by atoms with van der Waals surface area (Å²) in [5, 5.41) is 2.44. The molecule has 0 radical (unpaired) electrons. The molecule has 144 valence electrons. The van der Waals surface area contributed by atoms with Crippen molar-refractivity contribution in [3.05, 3.63) is 65.2 Å². The van der Waals surface area contributed by atoms with Gasteiger partial charge in [-0.1, -0.05) is 48.0 Å². The fourth-order valence-corrected chi connectivity index (χ4v) is 4.32. The van der Waals surface area contributed by atoms with E-state index >= 15 is 0 Å². The number of rotatable bonds is 2. The number of imide groups is 2. The lowest BCUT2D eigenvalue weighted by molar-refractivity contribution is -0.152. The van der Waals surface area contributed by atoms with Gasteiger partial charge in [-0.25, -0.2) is 4.79 Å². The van der Waals surface area contributed by atoms with E-state index in [4.69, 9.17) is 0 Å². The number of carbonyl (C=O) groups excluding carboxylic acids is 3. The highest BCUT2D eigenvalue weighted by atomic mass is 16.2. The predicted molar refractivity (Wildman–Crippen MR) is 106 cm³/mol. The lowest BCUT2D eigenvalue weighted by Gasteiger charge is -2.46. The van der Waals surface area contributed by atoms with Crippen LogP contribution >= 0.6 is 0 Å². The third-order valence-electron chi connectivity index (χ3n) is 5.82. The van der Waals surface area contributed by atoms with Gasteiger partial charge in [0.15, 0.2) is 0 Å². The summed E-state index contributed by atoms with van der Waals surface area (Å²) in [6.45, 7) is 4.03. The smallest absolute Gasteiger partial charge is 0.331 e. The summed E-state index contributed by atoms with van der Waals surface area (Å²) in [6.07, 6.45) is 0.282. The zero-order valence-corrected chi connectivity index (χ0v) is 16.2. The molecule has 1 fully saturated rings. The van der Waals surface area contributed by atoms with E-state index < -0.39 is 29.3 Å². The molecule has 2 aliphatic heterocycles. The zero-order chi connectivity index (χ0) is 20.1. The second kappa shape index (κ2) is 6.48. The average Bonchev–Trinajstić information content (AvgIpc) is 2.67. The fourth-order valence-electron chi connectivity index (χ4n) is 4.32. The molecule has 0 saturated carbocycles. The Bertz CT molecular complexity index is 972. The summed E-state index contributed by atoms with van der Waals surface area (Å²) < 4.78 is 0. The second-order valence-corrected chi connectivity index (χ2v) is 7.77. The number of anilines is 1. The van der Waals surface area contributed by atoms with Crippen LogP contribution in [0.25, 0.3) is 0 Å².